The van der Waals surface area contributed by atoms with Gasteiger partial charge in [-0.15, -0.1) is 0 Å². The van der Waals surface area contributed by atoms with Crippen LogP contribution in [0.2, 0.25) is 0 Å². The number of ether oxygens (including phenoxy) is 1. The number of hydrogen-bond acceptors (Lipinski definition) is 1. The van der Waals surface area contributed by atoms with Gasteiger partial charge in [-0.25, -0.2) is 0 Å². The van der Waals surface area contributed by atoms with E-state index in [0.29, 0.717) is 17.8 Å². The molecule has 0 spiro atoms. The summed E-state index contributed by atoms with van der Waals surface area (Å²) in [6.07, 6.45) is 9.29. The first kappa shape index (κ1) is 26.2. The van der Waals surface area contributed by atoms with Crippen LogP contribution in [0.25, 0.3) is 10.8 Å². The van der Waals surface area contributed by atoms with Gasteiger partial charge in [0.25, 0.3) is 0 Å². The standard InChI is InChI=1S/C29H45BrO/c1-8-9-10-11-12-13-17-28(29(21(2)3,22(4)5)23(6)7)31-27-16-14-15-24-20-25(30)18-19-26(24)27/h14-16,18-23,28H,8-13,17H2,1-7H3. The number of rotatable bonds is 13. The van der Waals surface area contributed by atoms with E-state index in [1.807, 2.05) is 0 Å². The molecule has 0 aromatic heterocycles. The van der Waals surface area contributed by atoms with Crippen LogP contribution in [-0.4, -0.2) is 6.10 Å². The summed E-state index contributed by atoms with van der Waals surface area (Å²) in [5.41, 5.74) is 0.140. The van der Waals surface area contributed by atoms with E-state index in [0.717, 1.165) is 16.6 Å². The molecule has 0 N–H and O–H groups in total. The highest BCUT2D eigenvalue weighted by Gasteiger charge is 2.48. The van der Waals surface area contributed by atoms with Gasteiger partial charge in [-0.1, -0.05) is 109 Å². The molecule has 0 bridgehead atoms. The van der Waals surface area contributed by atoms with E-state index in [4.69, 9.17) is 4.74 Å². The third-order valence-electron chi connectivity index (χ3n) is 7.45. The Balaban J connectivity index is 2.37. The van der Waals surface area contributed by atoms with E-state index in [-0.39, 0.29) is 11.5 Å². The van der Waals surface area contributed by atoms with Crippen LogP contribution in [0.3, 0.4) is 0 Å². The molecule has 0 amide bonds. The molecule has 2 aromatic carbocycles. The molecule has 174 valence electrons. The zero-order chi connectivity index (χ0) is 23.0. The zero-order valence-electron chi connectivity index (χ0n) is 21.0. The number of benzene rings is 2. The van der Waals surface area contributed by atoms with Crippen LogP contribution in [0.5, 0.6) is 5.75 Å². The topological polar surface area (TPSA) is 9.23 Å². The van der Waals surface area contributed by atoms with Crippen LogP contribution in [0.1, 0.15) is 93.4 Å². The first-order chi connectivity index (χ1) is 14.7. The van der Waals surface area contributed by atoms with Crippen LogP contribution in [0.4, 0.5) is 0 Å². The molecule has 0 aliphatic heterocycles. The molecule has 0 heterocycles. The monoisotopic (exact) mass is 488 g/mol. The molecule has 0 aliphatic carbocycles. The van der Waals surface area contributed by atoms with E-state index in [1.54, 1.807) is 0 Å². The van der Waals surface area contributed by atoms with Gasteiger partial charge in [0.05, 0.1) is 0 Å². The van der Waals surface area contributed by atoms with Crippen molar-refractivity contribution in [3.63, 3.8) is 0 Å². The third kappa shape index (κ3) is 6.28. The van der Waals surface area contributed by atoms with Crippen molar-refractivity contribution in [1.29, 1.82) is 0 Å². The molecule has 1 nitrogen and oxygen atoms in total. The van der Waals surface area contributed by atoms with Gasteiger partial charge in [0.15, 0.2) is 0 Å². The third-order valence-corrected chi connectivity index (χ3v) is 7.94. The summed E-state index contributed by atoms with van der Waals surface area (Å²) in [5.74, 6) is 2.71. The smallest absolute Gasteiger partial charge is 0.127 e. The molecule has 0 saturated heterocycles. The Bertz CT molecular complexity index is 771. The maximum atomic E-state index is 7.03. The second-order valence-corrected chi connectivity index (χ2v) is 11.2. The van der Waals surface area contributed by atoms with Gasteiger partial charge in [0.2, 0.25) is 0 Å². The molecule has 31 heavy (non-hydrogen) atoms. The van der Waals surface area contributed by atoms with Gasteiger partial charge in [-0.05, 0) is 60.2 Å². The summed E-state index contributed by atoms with van der Waals surface area (Å²) in [4.78, 5) is 0. The molecular weight excluding hydrogens is 444 g/mol. The molecule has 2 rings (SSSR count). The summed E-state index contributed by atoms with van der Waals surface area (Å²) in [5, 5.41) is 2.44. The first-order valence-electron chi connectivity index (χ1n) is 12.6. The van der Waals surface area contributed by atoms with Crippen LogP contribution in [0.15, 0.2) is 40.9 Å². The van der Waals surface area contributed by atoms with Crippen molar-refractivity contribution in [3.05, 3.63) is 40.9 Å². The average Bonchev–Trinajstić information content (AvgIpc) is 2.69. The van der Waals surface area contributed by atoms with Crippen molar-refractivity contribution in [3.8, 4) is 5.75 Å². The first-order valence-corrected chi connectivity index (χ1v) is 13.4. The lowest BCUT2D eigenvalue weighted by molar-refractivity contribution is -0.0708. The van der Waals surface area contributed by atoms with Crippen molar-refractivity contribution in [2.75, 3.05) is 0 Å². The van der Waals surface area contributed by atoms with Gasteiger partial charge in [0, 0.05) is 15.3 Å². The molecule has 2 heteroatoms. The van der Waals surface area contributed by atoms with Gasteiger partial charge in [-0.3, -0.25) is 0 Å². The molecular formula is C29H45BrO. The summed E-state index contributed by atoms with van der Waals surface area (Å²) < 4.78 is 8.14. The quantitative estimate of drug-likeness (QED) is 0.254. The van der Waals surface area contributed by atoms with Crippen molar-refractivity contribution >= 4 is 26.7 Å². The summed E-state index contributed by atoms with van der Waals surface area (Å²) in [6, 6.07) is 13.0. The Morgan fingerprint density at radius 2 is 1.42 bits per heavy atom. The minimum atomic E-state index is 0.140. The van der Waals surface area contributed by atoms with E-state index < -0.39 is 0 Å². The van der Waals surface area contributed by atoms with Gasteiger partial charge in [0.1, 0.15) is 11.9 Å². The largest absolute Gasteiger partial charge is 0.489 e. The van der Waals surface area contributed by atoms with Crippen molar-refractivity contribution in [2.45, 2.75) is 99.5 Å². The molecule has 0 radical (unpaired) electrons. The summed E-state index contributed by atoms with van der Waals surface area (Å²) in [7, 11) is 0. The molecule has 0 aliphatic rings. The number of fused-ring (bicyclic) bond motifs is 1. The van der Waals surface area contributed by atoms with Gasteiger partial charge >= 0.3 is 0 Å². The van der Waals surface area contributed by atoms with Crippen LogP contribution < -0.4 is 4.74 Å². The Hall–Kier alpha value is -1.02. The van der Waals surface area contributed by atoms with E-state index >= 15 is 0 Å². The van der Waals surface area contributed by atoms with Crippen LogP contribution in [0, 0.1) is 23.2 Å². The predicted molar refractivity (Wildman–Crippen MR) is 141 cm³/mol. The van der Waals surface area contributed by atoms with Crippen LogP contribution >= 0.6 is 15.9 Å². The Kier molecular flexibility index (Phi) is 10.4. The summed E-state index contributed by atoms with van der Waals surface area (Å²) in [6.45, 7) is 16.7. The van der Waals surface area contributed by atoms with Crippen molar-refractivity contribution in [1.82, 2.24) is 0 Å². The number of hydrogen-bond donors (Lipinski definition) is 0. The van der Waals surface area contributed by atoms with E-state index in [1.165, 1.54) is 49.3 Å². The molecule has 2 aromatic rings. The van der Waals surface area contributed by atoms with Crippen molar-refractivity contribution in [2.24, 2.45) is 23.2 Å². The normalized spacial score (nSPS) is 13.5. The zero-order valence-corrected chi connectivity index (χ0v) is 22.6. The maximum absolute atomic E-state index is 7.03. The molecule has 0 saturated carbocycles. The fourth-order valence-electron chi connectivity index (χ4n) is 6.12. The Morgan fingerprint density at radius 1 is 0.806 bits per heavy atom. The highest BCUT2D eigenvalue weighted by molar-refractivity contribution is 9.10. The lowest BCUT2D eigenvalue weighted by Crippen LogP contribution is -2.51. The van der Waals surface area contributed by atoms with E-state index in [9.17, 15) is 0 Å². The molecule has 0 fully saturated rings. The van der Waals surface area contributed by atoms with Gasteiger partial charge in [-0.2, -0.15) is 0 Å². The maximum Gasteiger partial charge on any atom is 0.127 e. The second-order valence-electron chi connectivity index (χ2n) is 10.2. The Labute approximate surface area is 200 Å². The average molecular weight is 490 g/mol. The van der Waals surface area contributed by atoms with E-state index in [2.05, 4.69) is 101 Å². The fraction of sp³-hybridized carbons (Fsp3) is 0.655. The number of halogens is 1. The minimum Gasteiger partial charge on any atom is -0.489 e. The predicted octanol–water partition coefficient (Wildman–Crippen LogP) is 10.1. The van der Waals surface area contributed by atoms with Crippen molar-refractivity contribution < 1.29 is 4.74 Å². The SMILES string of the molecule is CCCCCCCCC(Oc1cccc2cc(Br)ccc12)C(C(C)C)(C(C)C)C(C)C. The lowest BCUT2D eigenvalue weighted by atomic mass is 9.58. The van der Waals surface area contributed by atoms with Gasteiger partial charge < -0.3 is 4.74 Å². The second kappa shape index (κ2) is 12.3. The fourth-order valence-corrected chi connectivity index (χ4v) is 6.50. The molecule has 1 unspecified atom stereocenters. The minimum absolute atomic E-state index is 0.140. The molecule has 1 atom stereocenters. The highest BCUT2D eigenvalue weighted by Crippen LogP contribution is 2.49. The Morgan fingerprint density at radius 3 is 2.03 bits per heavy atom. The van der Waals surface area contributed by atoms with Crippen LogP contribution in [-0.2, 0) is 0 Å². The summed E-state index contributed by atoms with van der Waals surface area (Å²) >= 11 is 3.62. The lowest BCUT2D eigenvalue weighted by Gasteiger charge is -2.50. The number of unbranched alkanes of at least 4 members (excludes halogenated alkanes) is 5. The highest BCUT2D eigenvalue weighted by atomic mass is 79.9.